The van der Waals surface area contributed by atoms with E-state index in [1.54, 1.807) is 36.2 Å². The van der Waals surface area contributed by atoms with Gasteiger partial charge in [0.25, 0.3) is 0 Å². The van der Waals surface area contributed by atoms with Crippen LogP contribution in [0.1, 0.15) is 0 Å². The molecule has 0 unspecified atom stereocenters. The van der Waals surface area contributed by atoms with Crippen LogP contribution in [0.15, 0.2) is 29.1 Å². The average Bonchev–Trinajstić information content (AvgIpc) is 2.69. The first-order valence-corrected chi connectivity index (χ1v) is 8.36. The van der Waals surface area contributed by atoms with Gasteiger partial charge in [0.15, 0.2) is 0 Å². The molecule has 16 heavy (non-hydrogen) atoms. The van der Waals surface area contributed by atoms with E-state index in [4.69, 9.17) is 5.73 Å². The summed E-state index contributed by atoms with van der Waals surface area (Å²) in [7, 11) is -2.33. The van der Waals surface area contributed by atoms with Gasteiger partial charge in [0.1, 0.15) is 7.14 Å². The van der Waals surface area contributed by atoms with E-state index in [0.29, 0.717) is 5.69 Å². The molecule has 0 aliphatic rings. The molecule has 1 aromatic carbocycles. The molecule has 0 fully saturated rings. The van der Waals surface area contributed by atoms with Crippen LogP contribution in [0.2, 0.25) is 0 Å². The molecule has 84 valence electrons. The fourth-order valence-corrected chi connectivity index (χ4v) is 3.23. The number of hydrogen-bond acceptors (Lipinski definition) is 4. The summed E-state index contributed by atoms with van der Waals surface area (Å²) < 4.78 is 12.1. The van der Waals surface area contributed by atoms with Gasteiger partial charge in [-0.3, -0.25) is 0 Å². The van der Waals surface area contributed by atoms with Gasteiger partial charge in [-0.2, -0.15) is 0 Å². The Balaban J connectivity index is 2.57. The summed E-state index contributed by atoms with van der Waals surface area (Å²) in [6.07, 6.45) is 0. The van der Waals surface area contributed by atoms with Gasteiger partial charge in [-0.15, -0.1) is 11.3 Å². The first kappa shape index (κ1) is 11.4. The van der Waals surface area contributed by atoms with E-state index in [0.717, 1.165) is 16.6 Å². The SMILES string of the molecule is CP(C)(=O)c1cc(-c2cscn2)ccc1N. The van der Waals surface area contributed by atoms with Crippen molar-refractivity contribution >= 4 is 29.5 Å². The molecule has 3 nitrogen and oxygen atoms in total. The van der Waals surface area contributed by atoms with Crippen molar-refractivity contribution < 1.29 is 4.57 Å². The van der Waals surface area contributed by atoms with Crippen molar-refractivity contribution in [3.05, 3.63) is 29.1 Å². The number of anilines is 1. The molecule has 1 aromatic heterocycles. The van der Waals surface area contributed by atoms with Gasteiger partial charge in [-0.1, -0.05) is 6.07 Å². The highest BCUT2D eigenvalue weighted by atomic mass is 32.1. The van der Waals surface area contributed by atoms with Gasteiger partial charge >= 0.3 is 0 Å². The van der Waals surface area contributed by atoms with Gasteiger partial charge in [0.05, 0.1) is 11.2 Å². The number of benzene rings is 1. The highest BCUT2D eigenvalue weighted by Crippen LogP contribution is 2.38. The second-order valence-electron chi connectivity index (χ2n) is 4.00. The second-order valence-corrected chi connectivity index (χ2v) is 7.90. The summed E-state index contributed by atoms with van der Waals surface area (Å²) >= 11 is 1.54. The van der Waals surface area contributed by atoms with E-state index in [9.17, 15) is 4.57 Å². The molecular formula is C11H13N2OPS. The average molecular weight is 252 g/mol. The maximum Gasteiger partial charge on any atom is 0.111 e. The lowest BCUT2D eigenvalue weighted by Crippen LogP contribution is -2.09. The molecule has 0 aliphatic heterocycles. The summed E-state index contributed by atoms with van der Waals surface area (Å²) in [5.41, 5.74) is 10.1. The zero-order valence-corrected chi connectivity index (χ0v) is 10.9. The summed E-state index contributed by atoms with van der Waals surface area (Å²) in [4.78, 5) is 4.23. The maximum atomic E-state index is 12.1. The van der Waals surface area contributed by atoms with Crippen molar-refractivity contribution in [1.82, 2.24) is 4.98 Å². The number of rotatable bonds is 2. The van der Waals surface area contributed by atoms with Crippen molar-refractivity contribution in [3.8, 4) is 11.3 Å². The van der Waals surface area contributed by atoms with Crippen LogP contribution < -0.4 is 11.0 Å². The molecule has 0 atom stereocenters. The zero-order chi connectivity index (χ0) is 11.8. The van der Waals surface area contributed by atoms with E-state index < -0.39 is 7.14 Å². The summed E-state index contributed by atoms with van der Waals surface area (Å²) in [6, 6.07) is 5.58. The molecule has 0 radical (unpaired) electrons. The number of nitrogens with zero attached hydrogens (tertiary/aromatic N) is 1. The number of hydrogen-bond donors (Lipinski definition) is 1. The van der Waals surface area contributed by atoms with Crippen LogP contribution in [0, 0.1) is 0 Å². The summed E-state index contributed by atoms with van der Waals surface area (Å²) in [6.45, 7) is 3.45. The summed E-state index contributed by atoms with van der Waals surface area (Å²) in [5, 5.41) is 2.70. The van der Waals surface area contributed by atoms with Crippen LogP contribution in [0.5, 0.6) is 0 Å². The van der Waals surface area contributed by atoms with Gasteiger partial charge in [-0.05, 0) is 25.5 Å². The van der Waals surface area contributed by atoms with E-state index in [-0.39, 0.29) is 0 Å². The van der Waals surface area contributed by atoms with Crippen molar-refractivity contribution in [2.75, 3.05) is 19.1 Å². The Labute approximate surface area is 98.7 Å². The van der Waals surface area contributed by atoms with Crippen LogP contribution in [0.25, 0.3) is 11.3 Å². The quantitative estimate of drug-likeness (QED) is 0.660. The molecule has 5 heteroatoms. The number of nitrogen functional groups attached to an aromatic ring is 1. The topological polar surface area (TPSA) is 56.0 Å². The molecule has 0 amide bonds. The lowest BCUT2D eigenvalue weighted by Gasteiger charge is -2.11. The Bertz CT molecular complexity index is 545. The molecule has 1 heterocycles. The van der Waals surface area contributed by atoms with E-state index in [1.165, 1.54) is 0 Å². The Morgan fingerprint density at radius 1 is 1.38 bits per heavy atom. The predicted molar refractivity (Wildman–Crippen MR) is 71.1 cm³/mol. The third kappa shape index (κ3) is 2.18. The molecule has 2 rings (SSSR count). The minimum Gasteiger partial charge on any atom is -0.398 e. The van der Waals surface area contributed by atoms with Crippen molar-refractivity contribution in [1.29, 1.82) is 0 Å². The highest BCUT2D eigenvalue weighted by molar-refractivity contribution is 7.70. The highest BCUT2D eigenvalue weighted by Gasteiger charge is 2.15. The monoisotopic (exact) mass is 252 g/mol. The molecule has 0 bridgehead atoms. The smallest absolute Gasteiger partial charge is 0.111 e. The molecule has 2 aromatic rings. The molecule has 2 N–H and O–H groups in total. The predicted octanol–water partition coefficient (Wildman–Crippen LogP) is 2.64. The minimum absolute atomic E-state index is 0.590. The van der Waals surface area contributed by atoms with Crippen LogP contribution in [-0.4, -0.2) is 18.3 Å². The molecule has 0 saturated heterocycles. The number of nitrogens with two attached hydrogens (primary N) is 1. The Kier molecular flexibility index (Phi) is 2.87. The fraction of sp³-hybridized carbons (Fsp3) is 0.182. The lowest BCUT2D eigenvalue weighted by atomic mass is 10.1. The zero-order valence-electron chi connectivity index (χ0n) is 9.18. The first-order chi connectivity index (χ1) is 7.48. The third-order valence-corrected chi connectivity index (χ3v) is 4.47. The van der Waals surface area contributed by atoms with Gasteiger partial charge < -0.3 is 10.3 Å². The van der Waals surface area contributed by atoms with Gasteiger partial charge in [0, 0.05) is 21.9 Å². The van der Waals surface area contributed by atoms with Crippen LogP contribution in [-0.2, 0) is 4.57 Å². The second kappa shape index (κ2) is 4.04. The standard InChI is InChI=1S/C11H13N2OPS/c1-15(2,14)11-5-8(3-4-9(11)12)10-6-16-7-13-10/h3-7H,12H2,1-2H3. The molecular weight excluding hydrogens is 239 g/mol. The van der Waals surface area contributed by atoms with Crippen LogP contribution in [0.4, 0.5) is 5.69 Å². The van der Waals surface area contributed by atoms with Crippen molar-refractivity contribution in [2.45, 2.75) is 0 Å². The van der Waals surface area contributed by atoms with E-state index >= 15 is 0 Å². The molecule has 0 saturated carbocycles. The lowest BCUT2D eigenvalue weighted by molar-refractivity contribution is 0.588. The minimum atomic E-state index is -2.33. The van der Waals surface area contributed by atoms with Crippen LogP contribution in [0.3, 0.4) is 0 Å². The van der Waals surface area contributed by atoms with E-state index in [1.807, 2.05) is 17.5 Å². The summed E-state index contributed by atoms with van der Waals surface area (Å²) in [5.74, 6) is 0. The Morgan fingerprint density at radius 3 is 2.69 bits per heavy atom. The van der Waals surface area contributed by atoms with E-state index in [2.05, 4.69) is 4.98 Å². The Hall–Kier alpha value is -1.12. The van der Waals surface area contributed by atoms with Gasteiger partial charge in [0.2, 0.25) is 0 Å². The molecule has 0 spiro atoms. The largest absolute Gasteiger partial charge is 0.398 e. The normalized spacial score (nSPS) is 11.6. The first-order valence-electron chi connectivity index (χ1n) is 4.82. The molecule has 0 aliphatic carbocycles. The maximum absolute atomic E-state index is 12.1. The fourth-order valence-electron chi connectivity index (χ4n) is 1.52. The van der Waals surface area contributed by atoms with Crippen molar-refractivity contribution in [3.63, 3.8) is 0 Å². The Morgan fingerprint density at radius 2 is 2.12 bits per heavy atom. The third-order valence-electron chi connectivity index (χ3n) is 2.34. The van der Waals surface area contributed by atoms with Crippen molar-refractivity contribution in [2.24, 2.45) is 0 Å². The van der Waals surface area contributed by atoms with Crippen LogP contribution >= 0.6 is 18.5 Å². The number of thiazole rings is 1. The number of aromatic nitrogens is 1. The van der Waals surface area contributed by atoms with Gasteiger partial charge in [-0.25, -0.2) is 4.98 Å².